The molecule has 20 heavy (non-hydrogen) atoms. The van der Waals surface area contributed by atoms with Crippen molar-refractivity contribution in [2.24, 2.45) is 5.73 Å². The van der Waals surface area contributed by atoms with E-state index in [4.69, 9.17) is 10.5 Å². The van der Waals surface area contributed by atoms with Crippen LogP contribution in [0, 0.1) is 0 Å². The quantitative estimate of drug-likeness (QED) is 0.829. The summed E-state index contributed by atoms with van der Waals surface area (Å²) in [6, 6.07) is 0. The molecule has 1 fully saturated rings. The van der Waals surface area contributed by atoms with Crippen LogP contribution in [0.15, 0.2) is 17.3 Å². The van der Waals surface area contributed by atoms with E-state index in [9.17, 15) is 8.42 Å². The number of ether oxygens (including phenoxy) is 1. The lowest BCUT2D eigenvalue weighted by atomic mass is 10.1. The summed E-state index contributed by atoms with van der Waals surface area (Å²) in [5.74, 6) is 0. The van der Waals surface area contributed by atoms with Crippen molar-refractivity contribution in [2.75, 3.05) is 26.2 Å². The largest absolute Gasteiger partial charge is 0.373 e. The highest BCUT2D eigenvalue weighted by Gasteiger charge is 2.35. The molecule has 0 radical (unpaired) electrons. The maximum Gasteiger partial charge on any atom is 0.246 e. The van der Waals surface area contributed by atoms with Gasteiger partial charge in [-0.15, -0.1) is 0 Å². The molecule has 1 aliphatic heterocycles. The number of hydrogen-bond acceptors (Lipinski definition) is 5. The van der Waals surface area contributed by atoms with Crippen LogP contribution >= 0.6 is 0 Å². The summed E-state index contributed by atoms with van der Waals surface area (Å²) < 4.78 is 33.7. The van der Waals surface area contributed by atoms with Crippen LogP contribution in [0.1, 0.15) is 20.3 Å². The van der Waals surface area contributed by atoms with Crippen LogP contribution in [0.25, 0.3) is 0 Å². The fourth-order valence-electron chi connectivity index (χ4n) is 2.18. The average molecular weight is 302 g/mol. The zero-order chi connectivity index (χ0) is 14.8. The van der Waals surface area contributed by atoms with Gasteiger partial charge in [-0.3, -0.25) is 4.68 Å². The van der Waals surface area contributed by atoms with Crippen LogP contribution in [0.4, 0.5) is 0 Å². The van der Waals surface area contributed by atoms with E-state index in [2.05, 4.69) is 5.10 Å². The van der Waals surface area contributed by atoms with E-state index in [0.717, 1.165) is 6.42 Å². The van der Waals surface area contributed by atoms with Crippen molar-refractivity contribution in [1.82, 2.24) is 14.1 Å². The molecule has 1 aliphatic rings. The second-order valence-electron chi connectivity index (χ2n) is 5.53. The van der Waals surface area contributed by atoms with Gasteiger partial charge < -0.3 is 10.5 Å². The van der Waals surface area contributed by atoms with Crippen molar-refractivity contribution in [3.63, 3.8) is 0 Å². The van der Waals surface area contributed by atoms with E-state index in [1.807, 2.05) is 13.8 Å². The molecule has 0 unspecified atom stereocenters. The van der Waals surface area contributed by atoms with Gasteiger partial charge in [-0.2, -0.15) is 9.40 Å². The van der Waals surface area contributed by atoms with Crippen molar-refractivity contribution in [2.45, 2.75) is 37.3 Å². The molecule has 1 saturated heterocycles. The van der Waals surface area contributed by atoms with Crippen molar-refractivity contribution in [1.29, 1.82) is 0 Å². The number of aryl methyl sites for hydroxylation is 1. The zero-order valence-electron chi connectivity index (χ0n) is 11.9. The first-order valence-electron chi connectivity index (χ1n) is 6.72. The van der Waals surface area contributed by atoms with Gasteiger partial charge in [0.1, 0.15) is 4.90 Å². The Labute approximate surface area is 119 Å². The molecule has 8 heteroatoms. The van der Waals surface area contributed by atoms with Gasteiger partial charge >= 0.3 is 0 Å². The summed E-state index contributed by atoms with van der Waals surface area (Å²) in [7, 11) is -3.50. The molecule has 0 amide bonds. The van der Waals surface area contributed by atoms with Crippen molar-refractivity contribution < 1.29 is 13.2 Å². The van der Waals surface area contributed by atoms with Crippen LogP contribution in [-0.4, -0.2) is 54.3 Å². The first-order chi connectivity index (χ1) is 9.35. The van der Waals surface area contributed by atoms with Crippen molar-refractivity contribution in [3.8, 4) is 0 Å². The van der Waals surface area contributed by atoms with E-state index >= 15 is 0 Å². The molecule has 0 saturated carbocycles. The molecule has 0 spiro atoms. The van der Waals surface area contributed by atoms with Crippen LogP contribution in [0.5, 0.6) is 0 Å². The molecular weight excluding hydrogens is 280 g/mol. The maximum absolute atomic E-state index is 12.6. The molecule has 2 heterocycles. The minimum Gasteiger partial charge on any atom is -0.373 e. The predicted molar refractivity (Wildman–Crippen MR) is 74.7 cm³/mol. The molecule has 7 nitrogen and oxygen atoms in total. The smallest absolute Gasteiger partial charge is 0.246 e. The molecule has 114 valence electrons. The highest BCUT2D eigenvalue weighted by molar-refractivity contribution is 7.89. The average Bonchev–Trinajstić information content (AvgIpc) is 2.84. The Bertz CT molecular complexity index is 553. The monoisotopic (exact) mass is 302 g/mol. The summed E-state index contributed by atoms with van der Waals surface area (Å²) in [6.45, 7) is 6.09. The lowest BCUT2D eigenvalue weighted by Gasteiger charge is -2.37. The molecule has 0 atom stereocenters. The Balaban J connectivity index is 2.15. The molecule has 2 N–H and O–H groups in total. The number of rotatable bonds is 5. The van der Waals surface area contributed by atoms with Crippen LogP contribution in [-0.2, 0) is 21.3 Å². The van der Waals surface area contributed by atoms with Gasteiger partial charge in [0.15, 0.2) is 0 Å². The van der Waals surface area contributed by atoms with Crippen LogP contribution < -0.4 is 5.73 Å². The predicted octanol–water partition coefficient (Wildman–Crippen LogP) is 0.0314. The number of morpholine rings is 1. The minimum absolute atomic E-state index is 0.229. The Kier molecular flexibility index (Phi) is 4.48. The van der Waals surface area contributed by atoms with Gasteiger partial charge in [0.2, 0.25) is 10.0 Å². The highest BCUT2D eigenvalue weighted by Crippen LogP contribution is 2.23. The highest BCUT2D eigenvalue weighted by atomic mass is 32.2. The van der Waals surface area contributed by atoms with Crippen LogP contribution in [0.3, 0.4) is 0 Å². The molecule has 0 aliphatic carbocycles. The van der Waals surface area contributed by atoms with E-state index in [1.165, 1.54) is 10.5 Å². The number of nitrogens with zero attached hydrogens (tertiary/aromatic N) is 3. The molecule has 1 aromatic heterocycles. The first-order valence-corrected chi connectivity index (χ1v) is 8.16. The van der Waals surface area contributed by atoms with Crippen LogP contribution in [0.2, 0.25) is 0 Å². The summed E-state index contributed by atoms with van der Waals surface area (Å²) in [5.41, 5.74) is 4.98. The molecule has 0 aromatic carbocycles. The molecular formula is C12H22N4O3S. The summed E-state index contributed by atoms with van der Waals surface area (Å²) >= 11 is 0. The first kappa shape index (κ1) is 15.4. The second kappa shape index (κ2) is 5.80. The summed E-state index contributed by atoms with van der Waals surface area (Å²) in [6.07, 6.45) is 3.73. The number of hydrogen-bond donors (Lipinski definition) is 1. The number of sulfonamides is 1. The zero-order valence-corrected chi connectivity index (χ0v) is 12.8. The number of nitrogens with two attached hydrogens (primary N) is 1. The Morgan fingerprint density at radius 2 is 2.25 bits per heavy atom. The molecule has 0 bridgehead atoms. The third kappa shape index (κ3) is 3.38. The lowest BCUT2D eigenvalue weighted by Crippen LogP contribution is -2.50. The maximum atomic E-state index is 12.6. The fourth-order valence-corrected chi connectivity index (χ4v) is 3.71. The third-order valence-corrected chi connectivity index (χ3v) is 5.03. The Morgan fingerprint density at radius 3 is 2.90 bits per heavy atom. The van der Waals surface area contributed by atoms with Crippen molar-refractivity contribution in [3.05, 3.63) is 12.4 Å². The third-order valence-electron chi connectivity index (χ3n) is 3.23. The Hall–Kier alpha value is -0.960. The number of aromatic nitrogens is 2. The SMILES string of the molecule is CC1(C)CN(S(=O)(=O)c2cnn(CCCN)c2)CCO1. The van der Waals surface area contributed by atoms with Gasteiger partial charge in [-0.1, -0.05) is 0 Å². The van der Waals surface area contributed by atoms with Gasteiger partial charge in [-0.25, -0.2) is 8.42 Å². The van der Waals surface area contributed by atoms with Gasteiger partial charge in [0, 0.05) is 25.8 Å². The van der Waals surface area contributed by atoms with E-state index in [-0.39, 0.29) is 4.90 Å². The fraction of sp³-hybridized carbons (Fsp3) is 0.750. The van der Waals surface area contributed by atoms with Gasteiger partial charge in [0.05, 0.1) is 18.4 Å². The standard InChI is InChI=1S/C12H22N4O3S/c1-12(2)10-16(6-7-19-12)20(17,18)11-8-14-15(9-11)5-3-4-13/h8-9H,3-7,10,13H2,1-2H3. The molecule has 1 aromatic rings. The van der Waals surface area contributed by atoms with E-state index in [0.29, 0.717) is 32.8 Å². The second-order valence-corrected chi connectivity index (χ2v) is 7.47. The van der Waals surface area contributed by atoms with E-state index < -0.39 is 15.6 Å². The van der Waals surface area contributed by atoms with Gasteiger partial charge in [0.25, 0.3) is 0 Å². The minimum atomic E-state index is -3.50. The Morgan fingerprint density at radius 1 is 1.50 bits per heavy atom. The molecule has 2 rings (SSSR count). The van der Waals surface area contributed by atoms with Crippen molar-refractivity contribution >= 4 is 10.0 Å². The summed E-state index contributed by atoms with van der Waals surface area (Å²) in [4.78, 5) is 0.229. The summed E-state index contributed by atoms with van der Waals surface area (Å²) in [5, 5.41) is 4.08. The topological polar surface area (TPSA) is 90.5 Å². The van der Waals surface area contributed by atoms with Gasteiger partial charge in [-0.05, 0) is 26.8 Å². The normalized spacial score (nSPS) is 20.1. The van der Waals surface area contributed by atoms with E-state index in [1.54, 1.807) is 10.9 Å². The lowest BCUT2D eigenvalue weighted by molar-refractivity contribution is -0.0640.